The number of ether oxygens (including phenoxy) is 1. The molecular weight excluding hydrogens is 322 g/mol. The SMILES string of the molecule is COc1ccc(S(=O)(=O)N2CCc3ccccc32)c2ccccc12. The van der Waals surface area contributed by atoms with Gasteiger partial charge in [0.2, 0.25) is 0 Å². The van der Waals surface area contributed by atoms with Crippen LogP contribution >= 0.6 is 0 Å². The Kier molecular flexibility index (Phi) is 3.46. The Labute approximate surface area is 141 Å². The van der Waals surface area contributed by atoms with Crippen molar-refractivity contribution in [2.45, 2.75) is 11.3 Å². The third kappa shape index (κ3) is 2.16. The molecule has 0 bridgehead atoms. The Bertz CT molecular complexity index is 1030. The number of hydrogen-bond acceptors (Lipinski definition) is 3. The number of sulfonamides is 1. The highest BCUT2D eigenvalue weighted by atomic mass is 32.2. The van der Waals surface area contributed by atoms with Gasteiger partial charge in [0.25, 0.3) is 10.0 Å². The van der Waals surface area contributed by atoms with Crippen LogP contribution < -0.4 is 9.04 Å². The van der Waals surface area contributed by atoms with Crippen molar-refractivity contribution < 1.29 is 13.2 Å². The van der Waals surface area contributed by atoms with Crippen molar-refractivity contribution in [2.75, 3.05) is 18.0 Å². The minimum absolute atomic E-state index is 0.315. The van der Waals surface area contributed by atoms with Crippen molar-refractivity contribution in [1.29, 1.82) is 0 Å². The van der Waals surface area contributed by atoms with Crippen LogP contribution in [0.1, 0.15) is 5.56 Å². The van der Waals surface area contributed by atoms with Gasteiger partial charge in [-0.2, -0.15) is 0 Å². The molecule has 0 saturated heterocycles. The minimum Gasteiger partial charge on any atom is -0.496 e. The highest BCUT2D eigenvalue weighted by molar-refractivity contribution is 7.93. The monoisotopic (exact) mass is 339 g/mol. The van der Waals surface area contributed by atoms with Crippen LogP contribution in [0.2, 0.25) is 0 Å². The molecule has 0 amide bonds. The summed E-state index contributed by atoms with van der Waals surface area (Å²) >= 11 is 0. The van der Waals surface area contributed by atoms with Gasteiger partial charge in [-0.3, -0.25) is 4.31 Å². The van der Waals surface area contributed by atoms with Crippen LogP contribution in [0.4, 0.5) is 5.69 Å². The molecule has 0 saturated carbocycles. The summed E-state index contributed by atoms with van der Waals surface area (Å²) in [5, 5.41) is 1.48. The van der Waals surface area contributed by atoms with Gasteiger partial charge in [-0.1, -0.05) is 42.5 Å². The summed E-state index contributed by atoms with van der Waals surface area (Å²) in [4.78, 5) is 0.315. The maximum Gasteiger partial charge on any atom is 0.264 e. The van der Waals surface area contributed by atoms with E-state index in [0.29, 0.717) is 22.6 Å². The van der Waals surface area contributed by atoms with E-state index in [1.54, 1.807) is 19.2 Å². The standard InChI is InChI=1S/C19H17NO3S/c1-23-18-10-11-19(16-8-4-3-7-15(16)18)24(21,22)20-13-12-14-6-2-5-9-17(14)20/h2-11H,12-13H2,1H3. The van der Waals surface area contributed by atoms with Gasteiger partial charge in [0.05, 0.1) is 17.7 Å². The molecule has 0 aromatic heterocycles. The molecule has 5 heteroatoms. The summed E-state index contributed by atoms with van der Waals surface area (Å²) in [5.74, 6) is 0.673. The molecule has 3 aromatic rings. The summed E-state index contributed by atoms with van der Waals surface area (Å²) in [5.41, 5.74) is 1.84. The van der Waals surface area contributed by atoms with Crippen LogP contribution in [0, 0.1) is 0 Å². The summed E-state index contributed by atoms with van der Waals surface area (Å²) < 4.78 is 33.5. The van der Waals surface area contributed by atoms with E-state index < -0.39 is 10.0 Å². The van der Waals surface area contributed by atoms with E-state index in [1.807, 2.05) is 48.5 Å². The average molecular weight is 339 g/mol. The third-order valence-electron chi connectivity index (χ3n) is 4.48. The molecule has 0 atom stereocenters. The predicted octanol–water partition coefficient (Wildman–Crippen LogP) is 3.60. The minimum atomic E-state index is -3.63. The molecule has 1 aliphatic rings. The van der Waals surface area contributed by atoms with Crippen LogP contribution in [0.3, 0.4) is 0 Å². The lowest BCUT2D eigenvalue weighted by Gasteiger charge is -2.21. The number of hydrogen-bond donors (Lipinski definition) is 0. The average Bonchev–Trinajstić information content (AvgIpc) is 3.05. The van der Waals surface area contributed by atoms with Crippen molar-refractivity contribution in [3.05, 3.63) is 66.2 Å². The summed E-state index contributed by atoms with van der Waals surface area (Å²) in [7, 11) is -2.04. The van der Waals surface area contributed by atoms with Gasteiger partial charge in [-0.05, 0) is 30.2 Å². The molecule has 0 spiro atoms. The second kappa shape index (κ2) is 5.53. The molecule has 24 heavy (non-hydrogen) atoms. The summed E-state index contributed by atoms with van der Waals surface area (Å²) in [6.07, 6.45) is 0.740. The van der Waals surface area contributed by atoms with Crippen LogP contribution in [-0.4, -0.2) is 22.1 Å². The second-order valence-electron chi connectivity index (χ2n) is 5.77. The normalized spacial score (nSPS) is 14.0. The van der Waals surface area contributed by atoms with E-state index in [4.69, 9.17) is 4.74 Å². The fraction of sp³-hybridized carbons (Fsp3) is 0.158. The first-order chi connectivity index (χ1) is 11.6. The second-order valence-corrected chi connectivity index (χ2v) is 7.60. The number of anilines is 1. The molecular formula is C19H17NO3S. The van der Waals surface area contributed by atoms with Crippen molar-refractivity contribution in [1.82, 2.24) is 0 Å². The van der Waals surface area contributed by atoms with Crippen LogP contribution in [0.25, 0.3) is 10.8 Å². The fourth-order valence-corrected chi connectivity index (χ4v) is 5.03. The molecule has 122 valence electrons. The number of fused-ring (bicyclic) bond motifs is 2. The molecule has 0 radical (unpaired) electrons. The lowest BCUT2D eigenvalue weighted by molar-refractivity contribution is 0.419. The van der Waals surface area contributed by atoms with E-state index in [-0.39, 0.29) is 0 Å². The zero-order valence-electron chi connectivity index (χ0n) is 13.3. The maximum atomic E-state index is 13.3. The van der Waals surface area contributed by atoms with Crippen LogP contribution in [-0.2, 0) is 16.4 Å². The quantitative estimate of drug-likeness (QED) is 0.732. The zero-order valence-corrected chi connectivity index (χ0v) is 14.1. The van der Waals surface area contributed by atoms with Crippen molar-refractivity contribution in [2.24, 2.45) is 0 Å². The summed E-state index contributed by atoms with van der Waals surface area (Å²) in [6.45, 7) is 0.474. The van der Waals surface area contributed by atoms with E-state index in [1.165, 1.54) is 4.31 Å². The molecule has 4 rings (SSSR count). The third-order valence-corrected chi connectivity index (χ3v) is 6.35. The Hall–Kier alpha value is -2.53. The summed E-state index contributed by atoms with van der Waals surface area (Å²) in [6, 6.07) is 18.5. The largest absolute Gasteiger partial charge is 0.496 e. The highest BCUT2D eigenvalue weighted by Crippen LogP contribution is 2.37. The van der Waals surface area contributed by atoms with E-state index in [9.17, 15) is 8.42 Å². The Morgan fingerprint density at radius 1 is 0.917 bits per heavy atom. The molecule has 1 heterocycles. The topological polar surface area (TPSA) is 46.6 Å². The fourth-order valence-electron chi connectivity index (χ4n) is 3.32. The van der Waals surface area contributed by atoms with Gasteiger partial charge in [-0.25, -0.2) is 8.42 Å². The lowest BCUT2D eigenvalue weighted by Crippen LogP contribution is -2.29. The van der Waals surface area contributed by atoms with E-state index >= 15 is 0 Å². The first-order valence-electron chi connectivity index (χ1n) is 7.79. The van der Waals surface area contributed by atoms with Gasteiger partial charge in [0, 0.05) is 17.3 Å². The number of nitrogens with zero attached hydrogens (tertiary/aromatic N) is 1. The predicted molar refractivity (Wildman–Crippen MR) is 95.2 cm³/mol. The zero-order chi connectivity index (χ0) is 16.7. The molecule has 4 nitrogen and oxygen atoms in total. The Balaban J connectivity index is 1.92. The molecule has 3 aromatic carbocycles. The molecule has 0 fully saturated rings. The number of methoxy groups -OCH3 is 1. The molecule has 1 aliphatic heterocycles. The highest BCUT2D eigenvalue weighted by Gasteiger charge is 2.31. The molecule has 0 N–H and O–H groups in total. The van der Waals surface area contributed by atoms with E-state index in [0.717, 1.165) is 23.1 Å². The van der Waals surface area contributed by atoms with Crippen LogP contribution in [0.15, 0.2) is 65.6 Å². The van der Waals surface area contributed by atoms with Gasteiger partial charge >= 0.3 is 0 Å². The first kappa shape index (κ1) is 15.0. The maximum absolute atomic E-state index is 13.3. The smallest absolute Gasteiger partial charge is 0.264 e. The molecule has 0 aliphatic carbocycles. The van der Waals surface area contributed by atoms with E-state index in [2.05, 4.69) is 0 Å². The van der Waals surface area contributed by atoms with Gasteiger partial charge in [-0.15, -0.1) is 0 Å². The van der Waals surface area contributed by atoms with Crippen LogP contribution in [0.5, 0.6) is 5.75 Å². The molecule has 0 unspecified atom stereocenters. The first-order valence-corrected chi connectivity index (χ1v) is 9.23. The van der Waals surface area contributed by atoms with Crippen molar-refractivity contribution in [3.63, 3.8) is 0 Å². The Morgan fingerprint density at radius 2 is 1.62 bits per heavy atom. The van der Waals surface area contributed by atoms with Gasteiger partial charge in [0.15, 0.2) is 0 Å². The number of rotatable bonds is 3. The lowest BCUT2D eigenvalue weighted by atomic mass is 10.1. The van der Waals surface area contributed by atoms with Gasteiger partial charge in [0.1, 0.15) is 5.75 Å². The number of benzene rings is 3. The van der Waals surface area contributed by atoms with Crippen molar-refractivity contribution >= 4 is 26.5 Å². The number of para-hydroxylation sites is 1. The Morgan fingerprint density at radius 3 is 2.42 bits per heavy atom. The van der Waals surface area contributed by atoms with Gasteiger partial charge < -0.3 is 4.74 Å². The van der Waals surface area contributed by atoms with Crippen molar-refractivity contribution in [3.8, 4) is 5.75 Å².